The normalized spacial score (nSPS) is 12.0. The number of imidazole rings is 1. The zero-order chi connectivity index (χ0) is 29.0. The first-order chi connectivity index (χ1) is 19.0. The molecule has 0 bridgehead atoms. The molecule has 2 aromatic carbocycles. The summed E-state index contributed by atoms with van der Waals surface area (Å²) in [5, 5.41) is 8.36. The number of benzene rings is 2. The van der Waals surface area contributed by atoms with Gasteiger partial charge in [-0.2, -0.15) is 17.7 Å². The van der Waals surface area contributed by atoms with Gasteiger partial charge in [0.2, 0.25) is 0 Å². The maximum atomic E-state index is 13.8. The van der Waals surface area contributed by atoms with Crippen LogP contribution in [0.1, 0.15) is 5.69 Å². The van der Waals surface area contributed by atoms with Crippen LogP contribution in [0.3, 0.4) is 0 Å². The molecule has 0 aliphatic carbocycles. The van der Waals surface area contributed by atoms with Crippen molar-refractivity contribution in [3.05, 3.63) is 60.4 Å². The summed E-state index contributed by atoms with van der Waals surface area (Å²) in [6.45, 7) is -3.82. The van der Waals surface area contributed by atoms with Gasteiger partial charge in [0.05, 0.1) is 30.1 Å². The summed E-state index contributed by atoms with van der Waals surface area (Å²) >= 11 is -2.16. The number of halogens is 2. The van der Waals surface area contributed by atoms with Crippen LogP contribution in [0.4, 0.5) is 8.78 Å². The fourth-order valence-electron chi connectivity index (χ4n) is 3.66. The molecule has 2 heterocycles. The van der Waals surface area contributed by atoms with Crippen molar-refractivity contribution in [1.82, 2.24) is 13.9 Å². The second-order valence-electron chi connectivity index (χ2n) is 7.83. The molecule has 1 atom stereocenters. The van der Waals surface area contributed by atoms with E-state index in [-0.39, 0.29) is 74.2 Å². The van der Waals surface area contributed by atoms with Gasteiger partial charge in [0, 0.05) is 29.5 Å². The van der Waals surface area contributed by atoms with E-state index in [1.54, 1.807) is 0 Å². The number of alkyl halides is 2. The summed E-state index contributed by atoms with van der Waals surface area (Å²) in [6.07, 6.45) is 1.40. The van der Waals surface area contributed by atoms with Crippen molar-refractivity contribution in [3.8, 4) is 23.0 Å². The van der Waals surface area contributed by atoms with Gasteiger partial charge in [-0.1, -0.05) is 0 Å². The number of nitrogens with zero attached hydrogens (tertiary/aromatic N) is 3. The van der Waals surface area contributed by atoms with Crippen molar-refractivity contribution in [2.45, 2.75) is 22.4 Å². The van der Waals surface area contributed by atoms with Crippen LogP contribution in [0.25, 0.3) is 11.0 Å². The van der Waals surface area contributed by atoms with Gasteiger partial charge in [-0.25, -0.2) is 13.2 Å². The molecule has 0 spiro atoms. The van der Waals surface area contributed by atoms with Crippen LogP contribution in [0.15, 0.2) is 64.8 Å². The Labute approximate surface area is 257 Å². The monoisotopic (exact) mass is 621 g/mol. The molecule has 1 N–H and O–H groups in total. The molecule has 0 saturated carbocycles. The van der Waals surface area contributed by atoms with E-state index in [9.17, 15) is 26.5 Å². The van der Waals surface area contributed by atoms with E-state index < -0.39 is 45.5 Å². The Morgan fingerprint density at radius 3 is 2.39 bits per heavy atom. The maximum absolute atomic E-state index is 13.8. The standard InChI is InChI=1S/C24H21F2N3O9S2.Na.H/c1-35-20-9-10-27-18(22(20)36-2)13-39(32)24-28-17-8-5-15(38-23(25)26)11-19(17)29(24)40(33,34)16-6-3-14(4-7-16)37-12-21(30)31;;/h3-11,23H,12-13H2,1-2H3,(H,30,31);;. The van der Waals surface area contributed by atoms with E-state index in [1.165, 1.54) is 50.7 Å². The molecule has 1 unspecified atom stereocenters. The third kappa shape index (κ3) is 7.20. The summed E-state index contributed by atoms with van der Waals surface area (Å²) in [4.78, 5) is 18.9. The van der Waals surface area contributed by atoms with Crippen LogP contribution in [0.2, 0.25) is 0 Å². The van der Waals surface area contributed by atoms with Crippen molar-refractivity contribution >= 4 is 67.8 Å². The Kier molecular flexibility index (Phi) is 10.8. The number of hydrogen-bond acceptors (Lipinski definition) is 10. The average Bonchev–Trinajstić information content (AvgIpc) is 3.31. The number of fused-ring (bicyclic) bond motifs is 1. The molecular weight excluding hydrogens is 599 g/mol. The van der Waals surface area contributed by atoms with E-state index in [2.05, 4.69) is 14.7 Å². The van der Waals surface area contributed by atoms with E-state index in [0.717, 1.165) is 18.2 Å². The van der Waals surface area contributed by atoms with E-state index >= 15 is 0 Å². The summed E-state index contributed by atoms with van der Waals surface area (Å²) in [7, 11) is -1.78. The fraction of sp³-hybridized carbons (Fsp3) is 0.208. The second kappa shape index (κ2) is 13.7. The molecule has 17 heteroatoms. The Hall–Kier alpha value is -3.15. The van der Waals surface area contributed by atoms with Gasteiger partial charge in [0.1, 0.15) is 17.2 Å². The van der Waals surface area contributed by atoms with Crippen molar-refractivity contribution in [3.63, 3.8) is 0 Å². The minimum atomic E-state index is -4.54. The Morgan fingerprint density at radius 1 is 1.10 bits per heavy atom. The molecule has 214 valence electrons. The molecule has 4 rings (SSSR count). The molecule has 0 amide bonds. The topological polar surface area (TPSA) is 162 Å². The van der Waals surface area contributed by atoms with Crippen LogP contribution in [-0.2, 0) is 31.7 Å². The van der Waals surface area contributed by atoms with Gasteiger partial charge < -0.3 is 28.6 Å². The average molecular weight is 622 g/mol. The van der Waals surface area contributed by atoms with Crippen molar-refractivity contribution in [2.24, 2.45) is 0 Å². The SMILES string of the molecule is COc1ccnc(C[S+]([O-])c2nc3ccc(OC(F)F)cc3n2S(=O)(=O)c2ccc(OCC(=O)O)cc2)c1OC.[NaH]. The van der Waals surface area contributed by atoms with Crippen LogP contribution in [0.5, 0.6) is 23.0 Å². The number of carbonyl (C=O) groups is 1. The van der Waals surface area contributed by atoms with E-state index in [1.807, 2.05) is 0 Å². The van der Waals surface area contributed by atoms with Crippen LogP contribution in [-0.4, -0.2) is 95.0 Å². The summed E-state index contributed by atoms with van der Waals surface area (Å²) in [5.74, 6) is -1.31. The quantitative estimate of drug-likeness (QED) is 0.183. The number of carboxylic acid groups (broad SMARTS) is 1. The van der Waals surface area contributed by atoms with Crippen molar-refractivity contribution in [2.75, 3.05) is 20.8 Å². The molecule has 2 aromatic heterocycles. The van der Waals surface area contributed by atoms with E-state index in [4.69, 9.17) is 19.3 Å². The minimum absolute atomic E-state index is 0. The molecule has 0 radical (unpaired) electrons. The third-order valence-corrected chi connectivity index (χ3v) is 8.39. The number of ether oxygens (including phenoxy) is 4. The van der Waals surface area contributed by atoms with Crippen LogP contribution >= 0.6 is 0 Å². The fourth-order valence-corrected chi connectivity index (χ4v) is 6.62. The third-order valence-electron chi connectivity index (χ3n) is 5.34. The zero-order valence-electron chi connectivity index (χ0n) is 20.8. The number of pyridine rings is 1. The Balaban J connectivity index is 0.00000462. The van der Waals surface area contributed by atoms with Gasteiger partial charge in [0.15, 0.2) is 23.9 Å². The molecule has 0 aliphatic heterocycles. The summed E-state index contributed by atoms with van der Waals surface area (Å²) in [6, 6.07) is 9.78. The van der Waals surface area contributed by atoms with Gasteiger partial charge >= 0.3 is 47.3 Å². The molecule has 4 aromatic rings. The van der Waals surface area contributed by atoms with Gasteiger partial charge in [-0.3, -0.25) is 4.98 Å². The Bertz CT molecular complexity index is 1640. The molecule has 12 nitrogen and oxygen atoms in total. The number of rotatable bonds is 12. The number of methoxy groups -OCH3 is 2. The molecule has 41 heavy (non-hydrogen) atoms. The van der Waals surface area contributed by atoms with Gasteiger partial charge in [-0.05, 0) is 36.4 Å². The van der Waals surface area contributed by atoms with Crippen molar-refractivity contribution in [1.29, 1.82) is 0 Å². The molecule has 0 saturated heterocycles. The predicted octanol–water partition coefficient (Wildman–Crippen LogP) is 2.41. The van der Waals surface area contributed by atoms with E-state index in [0.29, 0.717) is 9.72 Å². The predicted molar refractivity (Wildman–Crippen MR) is 143 cm³/mol. The first kappa shape index (κ1) is 32.4. The van der Waals surface area contributed by atoms with Crippen molar-refractivity contribution < 1.29 is 50.6 Å². The van der Waals surface area contributed by atoms with Crippen LogP contribution in [0, 0.1) is 0 Å². The van der Waals surface area contributed by atoms with Gasteiger partial charge in [-0.15, -0.1) is 0 Å². The van der Waals surface area contributed by atoms with Crippen LogP contribution < -0.4 is 18.9 Å². The number of hydrogen-bond donors (Lipinski definition) is 1. The Morgan fingerprint density at radius 2 is 1.78 bits per heavy atom. The first-order valence-electron chi connectivity index (χ1n) is 11.2. The summed E-state index contributed by atoms with van der Waals surface area (Å²) < 4.78 is 87.8. The number of aromatic nitrogens is 3. The molecular formula is C24H22F2N3NaO9S2. The second-order valence-corrected chi connectivity index (χ2v) is 11.0. The molecule has 0 fully saturated rings. The zero-order valence-corrected chi connectivity index (χ0v) is 22.4. The van der Waals surface area contributed by atoms with Gasteiger partial charge in [0.25, 0.3) is 10.0 Å². The number of aliphatic carboxylic acids is 1. The molecule has 0 aliphatic rings. The number of carboxylic acids is 1. The summed E-state index contributed by atoms with van der Waals surface area (Å²) in [5.41, 5.74) is 0.0663. The first-order valence-corrected chi connectivity index (χ1v) is 13.9.